The molecular formula is C20H40N2. The SMILES string of the molecule is CCCCCCCN1C=CN(CCCCC)C1CCCCC. The quantitative estimate of drug-likeness (QED) is 0.355. The van der Waals surface area contributed by atoms with Crippen LogP contribution < -0.4 is 0 Å². The summed E-state index contributed by atoms with van der Waals surface area (Å²) in [4.78, 5) is 5.23. The molecule has 22 heavy (non-hydrogen) atoms. The molecule has 0 aromatic rings. The lowest BCUT2D eigenvalue weighted by molar-refractivity contribution is 0.136. The number of hydrogen-bond donors (Lipinski definition) is 0. The molecule has 1 rings (SSSR count). The highest BCUT2D eigenvalue weighted by Gasteiger charge is 2.24. The van der Waals surface area contributed by atoms with Crippen molar-refractivity contribution < 1.29 is 0 Å². The van der Waals surface area contributed by atoms with Gasteiger partial charge in [0.05, 0.1) is 0 Å². The van der Waals surface area contributed by atoms with Crippen molar-refractivity contribution in [2.75, 3.05) is 13.1 Å². The zero-order valence-corrected chi connectivity index (χ0v) is 15.5. The first kappa shape index (κ1) is 19.4. The van der Waals surface area contributed by atoms with E-state index in [4.69, 9.17) is 0 Å². The fraction of sp³-hybridized carbons (Fsp3) is 0.900. The molecule has 0 radical (unpaired) electrons. The Morgan fingerprint density at radius 3 is 1.64 bits per heavy atom. The van der Waals surface area contributed by atoms with Gasteiger partial charge in [0.1, 0.15) is 6.17 Å². The van der Waals surface area contributed by atoms with E-state index in [-0.39, 0.29) is 0 Å². The molecule has 0 amide bonds. The van der Waals surface area contributed by atoms with Gasteiger partial charge in [-0.25, -0.2) is 0 Å². The van der Waals surface area contributed by atoms with Crippen molar-refractivity contribution in [1.29, 1.82) is 0 Å². The lowest BCUT2D eigenvalue weighted by Crippen LogP contribution is -2.39. The number of unbranched alkanes of at least 4 members (excludes halogenated alkanes) is 8. The maximum atomic E-state index is 2.62. The van der Waals surface area contributed by atoms with Gasteiger partial charge in [-0.05, 0) is 25.7 Å². The molecule has 130 valence electrons. The largest absolute Gasteiger partial charge is 0.356 e. The average Bonchev–Trinajstić information content (AvgIpc) is 2.90. The maximum absolute atomic E-state index is 2.62. The molecule has 0 aromatic carbocycles. The summed E-state index contributed by atoms with van der Waals surface area (Å²) in [5.74, 6) is 0. The van der Waals surface area contributed by atoms with Gasteiger partial charge in [-0.1, -0.05) is 72.1 Å². The second kappa shape index (κ2) is 12.8. The third-order valence-corrected chi connectivity index (χ3v) is 4.82. The molecule has 1 aliphatic rings. The minimum atomic E-state index is 0.648. The molecule has 0 bridgehead atoms. The Morgan fingerprint density at radius 1 is 0.591 bits per heavy atom. The zero-order valence-electron chi connectivity index (χ0n) is 15.5. The third-order valence-electron chi connectivity index (χ3n) is 4.82. The van der Waals surface area contributed by atoms with Crippen LogP contribution in [0, 0.1) is 0 Å². The standard InChI is InChI=1S/C20H40N2/c1-4-7-10-11-14-17-22-19-18-21(16-13-9-6-3)20(22)15-12-8-5-2/h18-20H,4-17H2,1-3H3. The van der Waals surface area contributed by atoms with Crippen LogP contribution in [0.15, 0.2) is 12.4 Å². The molecule has 0 aliphatic carbocycles. The van der Waals surface area contributed by atoms with Crippen molar-refractivity contribution in [1.82, 2.24) is 9.80 Å². The van der Waals surface area contributed by atoms with Gasteiger partial charge in [-0.15, -0.1) is 0 Å². The Hall–Kier alpha value is -0.660. The monoisotopic (exact) mass is 308 g/mol. The number of rotatable bonds is 14. The molecule has 0 saturated carbocycles. The van der Waals surface area contributed by atoms with E-state index in [2.05, 4.69) is 43.0 Å². The van der Waals surface area contributed by atoms with E-state index >= 15 is 0 Å². The average molecular weight is 309 g/mol. The van der Waals surface area contributed by atoms with Crippen LogP contribution in [0.5, 0.6) is 0 Å². The molecule has 1 atom stereocenters. The Morgan fingerprint density at radius 2 is 1.05 bits per heavy atom. The normalized spacial score (nSPS) is 17.7. The van der Waals surface area contributed by atoms with Crippen LogP contribution in [0.4, 0.5) is 0 Å². The highest BCUT2D eigenvalue weighted by molar-refractivity contribution is 4.96. The van der Waals surface area contributed by atoms with Gasteiger partial charge in [0, 0.05) is 25.5 Å². The third kappa shape index (κ3) is 7.56. The van der Waals surface area contributed by atoms with E-state index in [0.717, 1.165) is 0 Å². The van der Waals surface area contributed by atoms with Crippen LogP contribution in [-0.2, 0) is 0 Å². The predicted molar refractivity (Wildman–Crippen MR) is 98.8 cm³/mol. The van der Waals surface area contributed by atoms with E-state index in [1.54, 1.807) is 0 Å². The van der Waals surface area contributed by atoms with E-state index in [0.29, 0.717) is 6.17 Å². The lowest BCUT2D eigenvalue weighted by Gasteiger charge is -2.33. The van der Waals surface area contributed by atoms with E-state index in [1.807, 2.05) is 0 Å². The molecule has 1 unspecified atom stereocenters. The van der Waals surface area contributed by atoms with Gasteiger partial charge in [-0.2, -0.15) is 0 Å². The summed E-state index contributed by atoms with van der Waals surface area (Å²) in [6.07, 6.45) is 21.7. The second-order valence-corrected chi connectivity index (χ2v) is 6.87. The lowest BCUT2D eigenvalue weighted by atomic mass is 10.1. The highest BCUT2D eigenvalue weighted by atomic mass is 15.4. The summed E-state index contributed by atoms with van der Waals surface area (Å²) < 4.78 is 0. The van der Waals surface area contributed by atoms with Crippen LogP contribution in [-0.4, -0.2) is 29.1 Å². The van der Waals surface area contributed by atoms with Crippen LogP contribution >= 0.6 is 0 Å². The van der Waals surface area contributed by atoms with Crippen molar-refractivity contribution in [2.45, 2.75) is 104 Å². The molecule has 0 fully saturated rings. The molecule has 1 aliphatic heterocycles. The smallest absolute Gasteiger partial charge is 0.101 e. The maximum Gasteiger partial charge on any atom is 0.101 e. The Bertz CT molecular complexity index is 275. The summed E-state index contributed by atoms with van der Waals surface area (Å²) in [6, 6.07) is 0. The first-order valence-corrected chi connectivity index (χ1v) is 10.0. The summed E-state index contributed by atoms with van der Waals surface area (Å²) >= 11 is 0. The zero-order chi connectivity index (χ0) is 16.0. The molecule has 1 heterocycles. The van der Waals surface area contributed by atoms with Crippen LogP contribution in [0.25, 0.3) is 0 Å². The van der Waals surface area contributed by atoms with Crippen molar-refractivity contribution in [2.24, 2.45) is 0 Å². The van der Waals surface area contributed by atoms with Gasteiger partial charge >= 0.3 is 0 Å². The Labute approximate surface area is 139 Å². The van der Waals surface area contributed by atoms with Gasteiger partial charge in [-0.3, -0.25) is 0 Å². The van der Waals surface area contributed by atoms with E-state index in [1.165, 1.54) is 90.1 Å². The van der Waals surface area contributed by atoms with E-state index in [9.17, 15) is 0 Å². The van der Waals surface area contributed by atoms with Gasteiger partial charge < -0.3 is 9.80 Å². The minimum Gasteiger partial charge on any atom is -0.356 e. The first-order valence-electron chi connectivity index (χ1n) is 10.0. The van der Waals surface area contributed by atoms with Crippen molar-refractivity contribution in [3.8, 4) is 0 Å². The topological polar surface area (TPSA) is 6.48 Å². The molecule has 0 aromatic heterocycles. The van der Waals surface area contributed by atoms with Gasteiger partial charge in [0.15, 0.2) is 0 Å². The van der Waals surface area contributed by atoms with Crippen molar-refractivity contribution in [3.63, 3.8) is 0 Å². The summed E-state index contributed by atoms with van der Waals surface area (Å²) in [7, 11) is 0. The Kier molecular flexibility index (Phi) is 11.3. The van der Waals surface area contributed by atoms with Crippen LogP contribution in [0.3, 0.4) is 0 Å². The summed E-state index contributed by atoms with van der Waals surface area (Å²) in [6.45, 7) is 9.38. The molecular weight excluding hydrogens is 268 g/mol. The van der Waals surface area contributed by atoms with Gasteiger partial charge in [0.25, 0.3) is 0 Å². The van der Waals surface area contributed by atoms with E-state index < -0.39 is 0 Å². The molecule has 0 saturated heterocycles. The summed E-state index contributed by atoms with van der Waals surface area (Å²) in [5.41, 5.74) is 0. The predicted octanol–water partition coefficient (Wildman–Crippen LogP) is 6.14. The number of hydrogen-bond acceptors (Lipinski definition) is 2. The van der Waals surface area contributed by atoms with Crippen molar-refractivity contribution >= 4 is 0 Å². The fourth-order valence-electron chi connectivity index (χ4n) is 3.36. The highest BCUT2D eigenvalue weighted by Crippen LogP contribution is 2.23. The molecule has 2 heteroatoms. The molecule has 0 N–H and O–H groups in total. The van der Waals surface area contributed by atoms with Crippen LogP contribution in [0.2, 0.25) is 0 Å². The van der Waals surface area contributed by atoms with Gasteiger partial charge in [0.2, 0.25) is 0 Å². The fourth-order valence-corrected chi connectivity index (χ4v) is 3.36. The van der Waals surface area contributed by atoms with Crippen molar-refractivity contribution in [3.05, 3.63) is 12.4 Å². The Balaban J connectivity index is 2.35. The molecule has 0 spiro atoms. The summed E-state index contributed by atoms with van der Waals surface area (Å²) in [5, 5.41) is 0. The minimum absolute atomic E-state index is 0.648. The second-order valence-electron chi connectivity index (χ2n) is 6.87. The molecule has 2 nitrogen and oxygen atoms in total. The van der Waals surface area contributed by atoms with Crippen LogP contribution in [0.1, 0.15) is 97.8 Å². The first-order chi connectivity index (χ1) is 10.8. The number of nitrogens with zero attached hydrogens (tertiary/aromatic N) is 2.